The Hall–Kier alpha value is -0.650. The molecule has 1 unspecified atom stereocenters. The van der Waals surface area contributed by atoms with E-state index in [1.165, 1.54) is 0 Å². The van der Waals surface area contributed by atoms with E-state index in [0.717, 1.165) is 45.7 Å². The first-order chi connectivity index (χ1) is 8.01. The van der Waals surface area contributed by atoms with Crippen LogP contribution in [0.25, 0.3) is 0 Å². The van der Waals surface area contributed by atoms with Gasteiger partial charge < -0.3 is 16.0 Å². The van der Waals surface area contributed by atoms with Crippen LogP contribution in [0.15, 0.2) is 0 Å². The first kappa shape index (κ1) is 12.8. The van der Waals surface area contributed by atoms with Gasteiger partial charge in [0.05, 0.1) is 5.54 Å². The van der Waals surface area contributed by atoms with Crippen molar-refractivity contribution in [2.24, 2.45) is 5.73 Å². The number of carbonyl (C=O) groups excluding carboxylic acids is 1. The number of nitrogens with zero attached hydrogens (tertiary/aromatic N) is 2. The van der Waals surface area contributed by atoms with Crippen LogP contribution in [0.1, 0.15) is 20.3 Å². The van der Waals surface area contributed by atoms with Gasteiger partial charge in [0.2, 0.25) is 5.91 Å². The second kappa shape index (κ2) is 4.92. The molecule has 1 amide bonds. The van der Waals surface area contributed by atoms with Crippen LogP contribution in [0, 0.1) is 0 Å². The van der Waals surface area contributed by atoms with Gasteiger partial charge >= 0.3 is 0 Å². The molecular formula is C12H24N4O. The number of carbonyl (C=O) groups is 1. The summed E-state index contributed by atoms with van der Waals surface area (Å²) in [6.45, 7) is 9.27. The molecule has 2 heterocycles. The lowest BCUT2D eigenvalue weighted by molar-refractivity contribution is -0.142. The number of hydrogen-bond acceptors (Lipinski definition) is 4. The normalized spacial score (nSPS) is 27.5. The minimum absolute atomic E-state index is 0.227. The van der Waals surface area contributed by atoms with Crippen LogP contribution in [0.4, 0.5) is 0 Å². The summed E-state index contributed by atoms with van der Waals surface area (Å²) < 4.78 is 0. The Labute approximate surface area is 103 Å². The molecule has 2 rings (SSSR count). The standard InChI is InChI=1S/C12H24N4O/c1-12(2,16-6-3-10(13)9-16)11(17)15-7-4-14-5-8-15/h10,14H,3-9,13H2,1-2H3. The molecule has 98 valence electrons. The van der Waals surface area contributed by atoms with E-state index in [9.17, 15) is 4.79 Å². The fourth-order valence-electron chi connectivity index (χ4n) is 2.69. The van der Waals surface area contributed by atoms with Crippen molar-refractivity contribution >= 4 is 5.91 Å². The van der Waals surface area contributed by atoms with Crippen molar-refractivity contribution in [1.82, 2.24) is 15.1 Å². The van der Waals surface area contributed by atoms with Crippen molar-refractivity contribution in [3.05, 3.63) is 0 Å². The molecule has 0 bridgehead atoms. The molecule has 0 radical (unpaired) electrons. The van der Waals surface area contributed by atoms with Gasteiger partial charge in [-0.1, -0.05) is 0 Å². The third-order valence-corrected chi connectivity index (χ3v) is 3.94. The summed E-state index contributed by atoms with van der Waals surface area (Å²) in [5, 5.41) is 3.27. The number of nitrogens with two attached hydrogens (primary N) is 1. The predicted octanol–water partition coefficient (Wildman–Crippen LogP) is -0.770. The second-order valence-corrected chi connectivity index (χ2v) is 5.60. The van der Waals surface area contributed by atoms with Gasteiger partial charge in [-0.05, 0) is 20.3 Å². The van der Waals surface area contributed by atoms with Crippen LogP contribution < -0.4 is 11.1 Å². The third kappa shape index (κ3) is 2.61. The van der Waals surface area contributed by atoms with E-state index in [4.69, 9.17) is 5.73 Å². The van der Waals surface area contributed by atoms with Crippen LogP contribution in [0.3, 0.4) is 0 Å². The Morgan fingerprint density at radius 3 is 2.47 bits per heavy atom. The number of nitrogens with one attached hydrogen (secondary N) is 1. The fourth-order valence-corrected chi connectivity index (χ4v) is 2.69. The molecular weight excluding hydrogens is 216 g/mol. The van der Waals surface area contributed by atoms with E-state index < -0.39 is 5.54 Å². The summed E-state index contributed by atoms with van der Waals surface area (Å²) in [5.74, 6) is 0.244. The minimum atomic E-state index is -0.411. The van der Waals surface area contributed by atoms with Crippen molar-refractivity contribution in [1.29, 1.82) is 0 Å². The van der Waals surface area contributed by atoms with Gasteiger partial charge in [0.15, 0.2) is 0 Å². The molecule has 1 atom stereocenters. The lowest BCUT2D eigenvalue weighted by Gasteiger charge is -2.39. The average molecular weight is 240 g/mol. The van der Waals surface area contributed by atoms with Crippen LogP contribution in [-0.4, -0.2) is 66.6 Å². The molecule has 2 fully saturated rings. The fraction of sp³-hybridized carbons (Fsp3) is 0.917. The van der Waals surface area contributed by atoms with Crippen molar-refractivity contribution in [3.63, 3.8) is 0 Å². The molecule has 2 aliphatic heterocycles. The first-order valence-corrected chi connectivity index (χ1v) is 6.52. The summed E-state index contributed by atoms with van der Waals surface area (Å²) in [6, 6.07) is 0.227. The van der Waals surface area contributed by atoms with Crippen molar-refractivity contribution < 1.29 is 4.79 Å². The molecule has 2 aliphatic rings. The Morgan fingerprint density at radius 1 is 1.29 bits per heavy atom. The second-order valence-electron chi connectivity index (χ2n) is 5.60. The number of likely N-dealkylation sites (tertiary alicyclic amines) is 1. The Morgan fingerprint density at radius 2 is 1.94 bits per heavy atom. The highest BCUT2D eigenvalue weighted by atomic mass is 16.2. The zero-order valence-corrected chi connectivity index (χ0v) is 10.9. The van der Waals surface area contributed by atoms with E-state index in [0.29, 0.717) is 0 Å². The van der Waals surface area contributed by atoms with Crippen molar-refractivity contribution in [2.75, 3.05) is 39.3 Å². The highest BCUT2D eigenvalue weighted by Gasteiger charge is 2.40. The van der Waals surface area contributed by atoms with Crippen LogP contribution in [0.2, 0.25) is 0 Å². The van der Waals surface area contributed by atoms with Gasteiger partial charge in [-0.3, -0.25) is 9.69 Å². The summed E-state index contributed by atoms with van der Waals surface area (Å²) >= 11 is 0. The largest absolute Gasteiger partial charge is 0.339 e. The predicted molar refractivity (Wildman–Crippen MR) is 67.7 cm³/mol. The molecule has 0 saturated carbocycles. The molecule has 0 spiro atoms. The topological polar surface area (TPSA) is 61.6 Å². The molecule has 0 aromatic rings. The lowest BCUT2D eigenvalue weighted by atomic mass is 10.0. The highest BCUT2D eigenvalue weighted by Crippen LogP contribution is 2.23. The number of rotatable bonds is 2. The van der Waals surface area contributed by atoms with Gasteiger partial charge in [0, 0.05) is 45.3 Å². The zero-order valence-electron chi connectivity index (χ0n) is 10.9. The zero-order chi connectivity index (χ0) is 12.5. The van der Waals surface area contributed by atoms with E-state index in [1.54, 1.807) is 0 Å². The van der Waals surface area contributed by atoms with Crippen LogP contribution in [-0.2, 0) is 4.79 Å². The van der Waals surface area contributed by atoms with Gasteiger partial charge in [0.25, 0.3) is 0 Å². The van der Waals surface area contributed by atoms with Crippen LogP contribution >= 0.6 is 0 Å². The van der Waals surface area contributed by atoms with E-state index in [-0.39, 0.29) is 11.9 Å². The van der Waals surface area contributed by atoms with Gasteiger partial charge in [0.1, 0.15) is 0 Å². The monoisotopic (exact) mass is 240 g/mol. The quantitative estimate of drug-likeness (QED) is 0.665. The molecule has 3 N–H and O–H groups in total. The highest BCUT2D eigenvalue weighted by molar-refractivity contribution is 5.85. The number of hydrogen-bond donors (Lipinski definition) is 2. The molecule has 0 aromatic carbocycles. The maximum atomic E-state index is 12.5. The van der Waals surface area contributed by atoms with E-state index in [1.807, 2.05) is 18.7 Å². The minimum Gasteiger partial charge on any atom is -0.339 e. The van der Waals surface area contributed by atoms with Gasteiger partial charge in [-0.15, -0.1) is 0 Å². The maximum absolute atomic E-state index is 12.5. The van der Waals surface area contributed by atoms with E-state index >= 15 is 0 Å². The number of piperazine rings is 1. The lowest BCUT2D eigenvalue weighted by Crippen LogP contribution is -2.59. The Balaban J connectivity index is 2.00. The summed E-state index contributed by atoms with van der Waals surface area (Å²) in [5.41, 5.74) is 5.51. The summed E-state index contributed by atoms with van der Waals surface area (Å²) in [4.78, 5) is 16.7. The van der Waals surface area contributed by atoms with Crippen molar-refractivity contribution in [3.8, 4) is 0 Å². The number of amides is 1. The van der Waals surface area contributed by atoms with E-state index in [2.05, 4.69) is 10.2 Å². The molecule has 2 saturated heterocycles. The average Bonchev–Trinajstić information content (AvgIpc) is 2.77. The van der Waals surface area contributed by atoms with Gasteiger partial charge in [-0.2, -0.15) is 0 Å². The molecule has 0 aliphatic carbocycles. The SMILES string of the molecule is CC(C)(C(=O)N1CCNCC1)N1CCC(N)C1. The third-order valence-electron chi connectivity index (χ3n) is 3.94. The Kier molecular flexibility index (Phi) is 3.70. The van der Waals surface area contributed by atoms with Crippen molar-refractivity contribution in [2.45, 2.75) is 31.8 Å². The smallest absolute Gasteiger partial charge is 0.242 e. The summed E-state index contributed by atoms with van der Waals surface area (Å²) in [6.07, 6.45) is 0.998. The molecule has 17 heavy (non-hydrogen) atoms. The molecule has 0 aromatic heterocycles. The molecule has 5 heteroatoms. The van der Waals surface area contributed by atoms with Crippen LogP contribution in [0.5, 0.6) is 0 Å². The molecule has 5 nitrogen and oxygen atoms in total. The first-order valence-electron chi connectivity index (χ1n) is 6.52. The maximum Gasteiger partial charge on any atom is 0.242 e. The Bertz CT molecular complexity index is 286. The summed E-state index contributed by atoms with van der Waals surface area (Å²) in [7, 11) is 0. The van der Waals surface area contributed by atoms with Gasteiger partial charge in [-0.25, -0.2) is 0 Å².